The van der Waals surface area contributed by atoms with Crippen molar-refractivity contribution in [3.05, 3.63) is 0 Å². The highest BCUT2D eigenvalue weighted by molar-refractivity contribution is 4.86. The van der Waals surface area contributed by atoms with Crippen LogP contribution in [0.5, 0.6) is 0 Å². The minimum Gasteiger partial charge on any atom is -0.313 e. The lowest BCUT2D eigenvalue weighted by Crippen LogP contribution is -2.46. The van der Waals surface area contributed by atoms with Gasteiger partial charge in [0.05, 0.1) is 0 Å². The fraction of sp³-hybridized carbons (Fsp3) is 1.00. The summed E-state index contributed by atoms with van der Waals surface area (Å²) in [6.45, 7) is 12.2. The molecule has 1 aliphatic carbocycles. The van der Waals surface area contributed by atoms with Crippen LogP contribution < -0.4 is 5.32 Å². The standard InChI is InChI=1S/C16H32N2/c1-4-18-11-7-8-15(12-18)14(2)17-13-16(3)9-5-6-10-16/h14-15,17H,4-13H2,1-3H3. The van der Waals surface area contributed by atoms with E-state index >= 15 is 0 Å². The lowest BCUT2D eigenvalue weighted by Gasteiger charge is -2.37. The zero-order valence-corrected chi connectivity index (χ0v) is 12.7. The van der Waals surface area contributed by atoms with Gasteiger partial charge in [-0.15, -0.1) is 0 Å². The first kappa shape index (κ1) is 14.3. The Bertz CT molecular complexity index is 245. The van der Waals surface area contributed by atoms with E-state index in [0.717, 1.165) is 5.92 Å². The van der Waals surface area contributed by atoms with Crippen LogP contribution in [0.25, 0.3) is 0 Å². The van der Waals surface area contributed by atoms with Crippen LogP contribution in [0, 0.1) is 11.3 Å². The first-order valence-electron chi connectivity index (χ1n) is 8.09. The summed E-state index contributed by atoms with van der Waals surface area (Å²) >= 11 is 0. The minimum absolute atomic E-state index is 0.591. The Hall–Kier alpha value is -0.0800. The molecule has 2 heteroatoms. The Morgan fingerprint density at radius 3 is 2.67 bits per heavy atom. The van der Waals surface area contributed by atoms with Crippen LogP contribution in [0.1, 0.15) is 59.3 Å². The van der Waals surface area contributed by atoms with Crippen LogP contribution in [-0.2, 0) is 0 Å². The molecular formula is C16H32N2. The molecule has 0 amide bonds. The second-order valence-corrected chi connectivity index (χ2v) is 6.98. The molecule has 2 unspecified atom stereocenters. The Balaban J connectivity index is 1.75. The molecule has 0 bridgehead atoms. The van der Waals surface area contributed by atoms with E-state index in [0.29, 0.717) is 11.5 Å². The van der Waals surface area contributed by atoms with Crippen molar-refractivity contribution in [3.8, 4) is 0 Å². The number of nitrogens with one attached hydrogen (secondary N) is 1. The summed E-state index contributed by atoms with van der Waals surface area (Å²) < 4.78 is 0. The maximum absolute atomic E-state index is 3.85. The number of nitrogens with zero attached hydrogens (tertiary/aromatic N) is 1. The largest absolute Gasteiger partial charge is 0.313 e. The average Bonchev–Trinajstić information content (AvgIpc) is 2.83. The van der Waals surface area contributed by atoms with Gasteiger partial charge in [0.25, 0.3) is 0 Å². The molecule has 2 nitrogen and oxygen atoms in total. The fourth-order valence-electron chi connectivity index (χ4n) is 3.77. The van der Waals surface area contributed by atoms with E-state index in [4.69, 9.17) is 0 Å². The van der Waals surface area contributed by atoms with Crippen molar-refractivity contribution in [3.63, 3.8) is 0 Å². The van der Waals surface area contributed by atoms with Crippen LogP contribution in [0.4, 0.5) is 0 Å². The van der Waals surface area contributed by atoms with Gasteiger partial charge in [0.15, 0.2) is 0 Å². The van der Waals surface area contributed by atoms with Crippen molar-refractivity contribution >= 4 is 0 Å². The lowest BCUT2D eigenvalue weighted by molar-refractivity contribution is 0.150. The molecule has 2 aliphatic rings. The first-order valence-corrected chi connectivity index (χ1v) is 8.09. The Labute approximate surface area is 114 Å². The Morgan fingerprint density at radius 2 is 2.00 bits per heavy atom. The van der Waals surface area contributed by atoms with Gasteiger partial charge in [-0.1, -0.05) is 26.7 Å². The number of rotatable bonds is 5. The third-order valence-electron chi connectivity index (χ3n) is 5.36. The smallest absolute Gasteiger partial charge is 0.00794 e. The van der Waals surface area contributed by atoms with Crippen molar-refractivity contribution in [2.75, 3.05) is 26.2 Å². The molecule has 18 heavy (non-hydrogen) atoms. The summed E-state index contributed by atoms with van der Waals surface area (Å²) in [5.74, 6) is 0.865. The third kappa shape index (κ3) is 3.71. The molecule has 0 radical (unpaired) electrons. The maximum Gasteiger partial charge on any atom is 0.00794 e. The third-order valence-corrected chi connectivity index (χ3v) is 5.36. The summed E-state index contributed by atoms with van der Waals surface area (Å²) in [5, 5.41) is 3.85. The SMILES string of the molecule is CCN1CCCC(C(C)NCC2(C)CCCC2)C1. The average molecular weight is 252 g/mol. The summed E-state index contributed by atoms with van der Waals surface area (Å²) in [5.41, 5.74) is 0.591. The Kier molecular flexibility index (Phi) is 5.08. The van der Waals surface area contributed by atoms with Crippen molar-refractivity contribution < 1.29 is 0 Å². The zero-order chi connectivity index (χ0) is 13.0. The van der Waals surface area contributed by atoms with Crippen molar-refractivity contribution in [1.82, 2.24) is 10.2 Å². The van der Waals surface area contributed by atoms with Gasteiger partial charge < -0.3 is 10.2 Å². The topological polar surface area (TPSA) is 15.3 Å². The normalized spacial score (nSPS) is 30.5. The summed E-state index contributed by atoms with van der Waals surface area (Å²) in [7, 11) is 0. The predicted octanol–water partition coefficient (Wildman–Crippen LogP) is 3.28. The van der Waals surface area contributed by atoms with Gasteiger partial charge in [-0.2, -0.15) is 0 Å². The highest BCUT2D eigenvalue weighted by atomic mass is 15.1. The van der Waals surface area contributed by atoms with Crippen LogP contribution in [-0.4, -0.2) is 37.1 Å². The van der Waals surface area contributed by atoms with E-state index in [1.165, 1.54) is 64.7 Å². The molecule has 106 valence electrons. The highest BCUT2D eigenvalue weighted by Crippen LogP contribution is 2.37. The van der Waals surface area contributed by atoms with E-state index in [1.54, 1.807) is 0 Å². The number of hydrogen-bond donors (Lipinski definition) is 1. The molecule has 0 spiro atoms. The van der Waals surface area contributed by atoms with Gasteiger partial charge >= 0.3 is 0 Å². The summed E-state index contributed by atoms with van der Waals surface area (Å²) in [4.78, 5) is 2.61. The lowest BCUT2D eigenvalue weighted by atomic mass is 9.87. The molecule has 0 aromatic heterocycles. The highest BCUT2D eigenvalue weighted by Gasteiger charge is 2.30. The molecule has 1 saturated heterocycles. The maximum atomic E-state index is 3.85. The van der Waals surface area contributed by atoms with E-state index in [-0.39, 0.29) is 0 Å². The summed E-state index contributed by atoms with van der Waals surface area (Å²) in [6, 6.07) is 0.691. The van der Waals surface area contributed by atoms with Crippen LogP contribution >= 0.6 is 0 Å². The van der Waals surface area contributed by atoms with E-state index in [2.05, 4.69) is 31.0 Å². The second kappa shape index (κ2) is 6.38. The van der Waals surface area contributed by atoms with E-state index in [1.807, 2.05) is 0 Å². The molecule has 0 aromatic carbocycles. The quantitative estimate of drug-likeness (QED) is 0.808. The molecule has 1 N–H and O–H groups in total. The Morgan fingerprint density at radius 1 is 1.28 bits per heavy atom. The van der Waals surface area contributed by atoms with Crippen molar-refractivity contribution in [1.29, 1.82) is 0 Å². The zero-order valence-electron chi connectivity index (χ0n) is 12.7. The van der Waals surface area contributed by atoms with E-state index in [9.17, 15) is 0 Å². The van der Waals surface area contributed by atoms with Crippen LogP contribution in [0.3, 0.4) is 0 Å². The minimum atomic E-state index is 0.591. The molecule has 2 atom stereocenters. The van der Waals surface area contributed by atoms with Crippen LogP contribution in [0.2, 0.25) is 0 Å². The molecule has 1 saturated carbocycles. The second-order valence-electron chi connectivity index (χ2n) is 6.98. The van der Waals surface area contributed by atoms with Gasteiger partial charge in [0.2, 0.25) is 0 Å². The first-order chi connectivity index (χ1) is 8.63. The van der Waals surface area contributed by atoms with Gasteiger partial charge in [-0.25, -0.2) is 0 Å². The summed E-state index contributed by atoms with van der Waals surface area (Å²) in [6.07, 6.45) is 8.55. The van der Waals surface area contributed by atoms with Gasteiger partial charge in [0.1, 0.15) is 0 Å². The van der Waals surface area contributed by atoms with Crippen molar-refractivity contribution in [2.24, 2.45) is 11.3 Å². The van der Waals surface area contributed by atoms with Crippen molar-refractivity contribution in [2.45, 2.75) is 65.3 Å². The van der Waals surface area contributed by atoms with Gasteiger partial charge in [0, 0.05) is 19.1 Å². The monoisotopic (exact) mass is 252 g/mol. The predicted molar refractivity (Wildman–Crippen MR) is 78.9 cm³/mol. The molecule has 2 fully saturated rings. The molecule has 0 aromatic rings. The molecular weight excluding hydrogens is 220 g/mol. The number of likely N-dealkylation sites (tertiary alicyclic amines) is 1. The van der Waals surface area contributed by atoms with Gasteiger partial charge in [-0.05, 0) is 57.0 Å². The molecule has 2 rings (SSSR count). The number of hydrogen-bond acceptors (Lipinski definition) is 2. The van der Waals surface area contributed by atoms with Crippen LogP contribution in [0.15, 0.2) is 0 Å². The van der Waals surface area contributed by atoms with E-state index < -0.39 is 0 Å². The molecule has 1 heterocycles. The number of piperidine rings is 1. The fourth-order valence-corrected chi connectivity index (χ4v) is 3.77. The van der Waals surface area contributed by atoms with Gasteiger partial charge in [-0.3, -0.25) is 0 Å². The molecule has 1 aliphatic heterocycles.